The van der Waals surface area contributed by atoms with Crippen LogP contribution in [0.4, 0.5) is 5.69 Å². The molecule has 1 aliphatic rings. The Kier molecular flexibility index (Phi) is 4.57. The smallest absolute Gasteiger partial charge is 0.270 e. The summed E-state index contributed by atoms with van der Waals surface area (Å²) in [5.41, 5.74) is 2.87. The van der Waals surface area contributed by atoms with Gasteiger partial charge in [0.1, 0.15) is 5.69 Å². The number of fused-ring (bicyclic) bond motifs is 1. The van der Waals surface area contributed by atoms with E-state index < -0.39 is 0 Å². The maximum Gasteiger partial charge on any atom is 0.270 e. The summed E-state index contributed by atoms with van der Waals surface area (Å²) >= 11 is 0. The second-order valence-electron chi connectivity index (χ2n) is 7.41. The fourth-order valence-corrected chi connectivity index (χ4v) is 3.10. The number of aryl methyl sites for hydroxylation is 1. The van der Waals surface area contributed by atoms with Gasteiger partial charge in [-0.2, -0.15) is 0 Å². The van der Waals surface area contributed by atoms with Crippen LogP contribution in [-0.2, 0) is 11.2 Å². The molecule has 0 fully saturated rings. The quantitative estimate of drug-likeness (QED) is 0.903. The number of carbonyl (C=O) groups is 2. The molecule has 2 aromatic rings. The Morgan fingerprint density at radius 3 is 2.68 bits per heavy atom. The van der Waals surface area contributed by atoms with Crippen LogP contribution >= 0.6 is 0 Å². The number of nitrogens with zero attached hydrogens (tertiary/aromatic N) is 1. The first-order chi connectivity index (χ1) is 11.8. The van der Waals surface area contributed by atoms with Crippen molar-refractivity contribution in [3.8, 4) is 0 Å². The minimum absolute atomic E-state index is 0.0432. The number of pyridine rings is 1. The number of hydrogen-bond donors (Lipinski definition) is 2. The van der Waals surface area contributed by atoms with Crippen molar-refractivity contribution < 1.29 is 9.59 Å². The first kappa shape index (κ1) is 17.1. The van der Waals surface area contributed by atoms with Crippen molar-refractivity contribution in [2.45, 2.75) is 45.1 Å². The molecule has 3 rings (SSSR count). The van der Waals surface area contributed by atoms with Crippen LogP contribution in [0.2, 0.25) is 0 Å². The molecule has 1 heterocycles. The largest absolute Gasteiger partial charge is 0.346 e. The zero-order valence-electron chi connectivity index (χ0n) is 14.8. The highest BCUT2D eigenvalue weighted by Crippen LogP contribution is 2.33. The number of benzene rings is 1. The SMILES string of the molecule is CC(C)(C)NC(=O)c1cc(NC(=O)C2CCc3ccccc32)ccn1. The lowest BCUT2D eigenvalue weighted by Crippen LogP contribution is -2.40. The molecule has 5 nitrogen and oxygen atoms in total. The molecular formula is C20H23N3O2. The van der Waals surface area contributed by atoms with Crippen LogP contribution in [0.3, 0.4) is 0 Å². The number of hydrogen-bond acceptors (Lipinski definition) is 3. The average Bonchev–Trinajstić information content (AvgIpc) is 2.97. The molecule has 0 saturated heterocycles. The number of amides is 2. The minimum Gasteiger partial charge on any atom is -0.346 e. The summed E-state index contributed by atoms with van der Waals surface area (Å²) in [4.78, 5) is 29.0. The van der Waals surface area contributed by atoms with Gasteiger partial charge >= 0.3 is 0 Å². The molecule has 25 heavy (non-hydrogen) atoms. The normalized spacial score (nSPS) is 16.2. The van der Waals surface area contributed by atoms with E-state index in [9.17, 15) is 9.59 Å². The predicted molar refractivity (Wildman–Crippen MR) is 97.6 cm³/mol. The molecule has 0 radical (unpaired) electrons. The van der Waals surface area contributed by atoms with Gasteiger partial charge in [0.25, 0.3) is 5.91 Å². The van der Waals surface area contributed by atoms with E-state index in [1.165, 1.54) is 11.8 Å². The number of nitrogens with one attached hydrogen (secondary N) is 2. The van der Waals surface area contributed by atoms with Crippen molar-refractivity contribution in [2.75, 3.05) is 5.32 Å². The van der Waals surface area contributed by atoms with Gasteiger partial charge in [-0.3, -0.25) is 14.6 Å². The van der Waals surface area contributed by atoms with Gasteiger partial charge < -0.3 is 10.6 Å². The van der Waals surface area contributed by atoms with E-state index in [4.69, 9.17) is 0 Å². The predicted octanol–water partition coefficient (Wildman–Crippen LogP) is 3.28. The van der Waals surface area contributed by atoms with Crippen LogP contribution in [0.25, 0.3) is 0 Å². The van der Waals surface area contributed by atoms with E-state index in [0.29, 0.717) is 11.4 Å². The molecular weight excluding hydrogens is 314 g/mol. The molecule has 1 atom stereocenters. The van der Waals surface area contributed by atoms with Crippen LogP contribution < -0.4 is 10.6 Å². The summed E-state index contributed by atoms with van der Waals surface area (Å²) in [5.74, 6) is -0.440. The summed E-state index contributed by atoms with van der Waals surface area (Å²) in [7, 11) is 0. The topological polar surface area (TPSA) is 71.1 Å². The zero-order valence-corrected chi connectivity index (χ0v) is 14.8. The van der Waals surface area contributed by atoms with Gasteiger partial charge in [-0.25, -0.2) is 0 Å². The Hall–Kier alpha value is -2.69. The lowest BCUT2D eigenvalue weighted by atomic mass is 10.0. The molecule has 2 N–H and O–H groups in total. The second-order valence-corrected chi connectivity index (χ2v) is 7.41. The lowest BCUT2D eigenvalue weighted by molar-refractivity contribution is -0.117. The van der Waals surface area contributed by atoms with Crippen molar-refractivity contribution in [2.24, 2.45) is 0 Å². The van der Waals surface area contributed by atoms with Crippen molar-refractivity contribution in [1.29, 1.82) is 0 Å². The summed E-state index contributed by atoms with van der Waals surface area (Å²) in [6.07, 6.45) is 3.27. The van der Waals surface area contributed by atoms with Gasteiger partial charge in [0, 0.05) is 17.4 Å². The van der Waals surface area contributed by atoms with Crippen LogP contribution in [0.5, 0.6) is 0 Å². The fraction of sp³-hybridized carbons (Fsp3) is 0.350. The molecule has 0 saturated carbocycles. The highest BCUT2D eigenvalue weighted by atomic mass is 16.2. The van der Waals surface area contributed by atoms with Crippen molar-refractivity contribution in [1.82, 2.24) is 10.3 Å². The number of carbonyl (C=O) groups excluding carboxylic acids is 2. The van der Waals surface area contributed by atoms with Crippen LogP contribution in [0.1, 0.15) is 54.7 Å². The van der Waals surface area contributed by atoms with E-state index in [1.54, 1.807) is 12.1 Å². The molecule has 130 valence electrons. The van der Waals surface area contributed by atoms with Gasteiger partial charge in [-0.15, -0.1) is 0 Å². The highest BCUT2D eigenvalue weighted by Gasteiger charge is 2.28. The summed E-state index contributed by atoms with van der Waals surface area (Å²) < 4.78 is 0. The molecule has 1 aromatic carbocycles. The maximum absolute atomic E-state index is 12.7. The average molecular weight is 337 g/mol. The Morgan fingerprint density at radius 1 is 1.16 bits per heavy atom. The highest BCUT2D eigenvalue weighted by molar-refractivity contribution is 5.98. The summed E-state index contributed by atoms with van der Waals surface area (Å²) in [6, 6.07) is 11.4. The first-order valence-corrected chi connectivity index (χ1v) is 8.51. The molecule has 0 spiro atoms. The standard InChI is InChI=1S/C20H23N3O2/c1-20(2,3)23-19(25)17-12-14(10-11-21-17)22-18(24)16-9-8-13-6-4-5-7-15(13)16/h4-7,10-12,16H,8-9H2,1-3H3,(H,23,25)(H,21,22,24). The molecule has 0 aliphatic heterocycles. The van der Waals surface area contributed by atoms with Crippen molar-refractivity contribution in [3.63, 3.8) is 0 Å². The van der Waals surface area contributed by atoms with E-state index in [2.05, 4.69) is 21.7 Å². The number of anilines is 1. The monoisotopic (exact) mass is 337 g/mol. The fourth-order valence-electron chi connectivity index (χ4n) is 3.10. The summed E-state index contributed by atoms with van der Waals surface area (Å²) in [6.45, 7) is 5.73. The third-order valence-corrected chi connectivity index (χ3v) is 4.20. The number of rotatable bonds is 3. The van der Waals surface area contributed by atoms with Crippen molar-refractivity contribution >= 4 is 17.5 Å². The van der Waals surface area contributed by atoms with Crippen LogP contribution in [0.15, 0.2) is 42.6 Å². The third-order valence-electron chi connectivity index (χ3n) is 4.20. The van der Waals surface area contributed by atoms with Gasteiger partial charge in [0.15, 0.2) is 0 Å². The molecule has 2 amide bonds. The van der Waals surface area contributed by atoms with Crippen LogP contribution in [0, 0.1) is 0 Å². The molecule has 5 heteroatoms. The lowest BCUT2D eigenvalue weighted by Gasteiger charge is -2.20. The Labute approximate surface area is 147 Å². The van der Waals surface area contributed by atoms with E-state index in [1.807, 2.05) is 39.0 Å². The van der Waals surface area contributed by atoms with Gasteiger partial charge in [0.2, 0.25) is 5.91 Å². The summed E-state index contributed by atoms with van der Waals surface area (Å²) in [5, 5.41) is 5.79. The van der Waals surface area contributed by atoms with Gasteiger partial charge in [-0.1, -0.05) is 24.3 Å². The van der Waals surface area contributed by atoms with E-state index in [-0.39, 0.29) is 23.3 Å². The Morgan fingerprint density at radius 2 is 1.92 bits per heavy atom. The second kappa shape index (κ2) is 6.67. The molecule has 1 aromatic heterocycles. The Bertz CT molecular complexity index is 809. The van der Waals surface area contributed by atoms with Gasteiger partial charge in [-0.05, 0) is 56.9 Å². The molecule has 0 bridgehead atoms. The first-order valence-electron chi connectivity index (χ1n) is 8.51. The van der Waals surface area contributed by atoms with Crippen LogP contribution in [-0.4, -0.2) is 22.3 Å². The third kappa shape index (κ3) is 4.05. The molecule has 1 aliphatic carbocycles. The van der Waals surface area contributed by atoms with E-state index >= 15 is 0 Å². The van der Waals surface area contributed by atoms with Crippen molar-refractivity contribution in [3.05, 3.63) is 59.4 Å². The zero-order chi connectivity index (χ0) is 18.0. The Balaban J connectivity index is 1.73. The maximum atomic E-state index is 12.7. The molecule has 1 unspecified atom stereocenters. The van der Waals surface area contributed by atoms with E-state index in [0.717, 1.165) is 18.4 Å². The van der Waals surface area contributed by atoms with Gasteiger partial charge in [0.05, 0.1) is 5.92 Å². The minimum atomic E-state index is -0.342. The number of aromatic nitrogens is 1.